The Hall–Kier alpha value is -1.02. The third-order valence-electron chi connectivity index (χ3n) is 3.45. The Morgan fingerprint density at radius 1 is 1.50 bits per heavy atom. The summed E-state index contributed by atoms with van der Waals surface area (Å²) in [4.78, 5) is 19.9. The number of hydrogen-bond acceptors (Lipinski definition) is 3. The Morgan fingerprint density at radius 3 is 2.83 bits per heavy atom. The van der Waals surface area contributed by atoms with Gasteiger partial charge in [0.2, 0.25) is 5.91 Å². The largest absolute Gasteiger partial charge is 0.353 e. The number of rotatable bonds is 3. The van der Waals surface area contributed by atoms with Crippen molar-refractivity contribution in [2.24, 2.45) is 0 Å². The van der Waals surface area contributed by atoms with Gasteiger partial charge in [-0.25, -0.2) is 0 Å². The van der Waals surface area contributed by atoms with Crippen molar-refractivity contribution in [1.29, 1.82) is 0 Å². The van der Waals surface area contributed by atoms with Gasteiger partial charge in [0.15, 0.2) is 0 Å². The van der Waals surface area contributed by atoms with Crippen molar-refractivity contribution >= 4 is 15.1 Å². The summed E-state index contributed by atoms with van der Waals surface area (Å²) >= 11 is 0. The summed E-state index contributed by atoms with van der Waals surface area (Å²) < 4.78 is 0. The van der Waals surface area contributed by atoms with Crippen LogP contribution in [0.5, 0.6) is 0 Å². The molecule has 4 nitrogen and oxygen atoms in total. The highest BCUT2D eigenvalue weighted by molar-refractivity contribution is 7.18. The molecule has 0 spiro atoms. The molecule has 1 amide bonds. The summed E-state index contributed by atoms with van der Waals surface area (Å²) in [7, 11) is 2.92. The molecular formula is C13H20N3OP. The van der Waals surface area contributed by atoms with Gasteiger partial charge < -0.3 is 5.32 Å². The van der Waals surface area contributed by atoms with Gasteiger partial charge in [-0.2, -0.15) is 0 Å². The molecule has 0 saturated heterocycles. The van der Waals surface area contributed by atoms with E-state index in [-0.39, 0.29) is 5.91 Å². The minimum absolute atomic E-state index is 0.0489. The zero-order valence-corrected chi connectivity index (χ0v) is 11.9. The topological polar surface area (TPSA) is 54.9 Å². The summed E-state index contributed by atoms with van der Waals surface area (Å²) in [6.45, 7) is 2.26. The molecule has 18 heavy (non-hydrogen) atoms. The van der Waals surface area contributed by atoms with Crippen LogP contribution < -0.4 is 5.32 Å². The summed E-state index contributed by atoms with van der Waals surface area (Å²) in [5.41, 5.74) is 0.724. The number of carbonyl (C=O) groups is 1. The summed E-state index contributed by atoms with van der Waals surface area (Å²) in [6.07, 6.45) is 9.61. The van der Waals surface area contributed by atoms with Crippen LogP contribution in [0.4, 0.5) is 0 Å². The van der Waals surface area contributed by atoms with Gasteiger partial charge >= 0.3 is 0 Å². The average Bonchev–Trinajstić information content (AvgIpc) is 2.33. The Labute approximate surface area is 110 Å². The van der Waals surface area contributed by atoms with E-state index >= 15 is 0 Å². The molecule has 1 saturated carbocycles. The highest BCUT2D eigenvalue weighted by Gasteiger charge is 2.27. The normalized spacial score (nSPS) is 27.8. The molecule has 1 aliphatic rings. The lowest BCUT2D eigenvalue weighted by atomic mass is 9.86. The Morgan fingerprint density at radius 2 is 2.22 bits per heavy atom. The lowest BCUT2D eigenvalue weighted by Crippen LogP contribution is -2.40. The Balaban J connectivity index is 1.79. The van der Waals surface area contributed by atoms with Crippen LogP contribution in [-0.4, -0.2) is 27.1 Å². The average molecular weight is 265 g/mol. The minimum Gasteiger partial charge on any atom is -0.353 e. The maximum atomic E-state index is 11.9. The van der Waals surface area contributed by atoms with E-state index in [1.807, 2.05) is 0 Å². The lowest BCUT2D eigenvalue weighted by Gasteiger charge is -2.34. The minimum atomic E-state index is 0.0489. The number of carbonyl (C=O) groups excluding carboxylic acids is 1. The van der Waals surface area contributed by atoms with Gasteiger partial charge in [0, 0.05) is 24.6 Å². The monoisotopic (exact) mass is 265 g/mol. The van der Waals surface area contributed by atoms with E-state index in [0.29, 0.717) is 17.6 Å². The first-order chi connectivity index (χ1) is 8.55. The van der Waals surface area contributed by atoms with Gasteiger partial charge in [-0.15, -0.1) is 9.24 Å². The van der Waals surface area contributed by atoms with Gasteiger partial charge in [0.05, 0.1) is 12.1 Å². The van der Waals surface area contributed by atoms with Gasteiger partial charge in [-0.3, -0.25) is 14.8 Å². The Kier molecular flexibility index (Phi) is 4.28. The zero-order chi connectivity index (χ0) is 13.0. The van der Waals surface area contributed by atoms with Crippen molar-refractivity contribution in [3.63, 3.8) is 0 Å². The van der Waals surface area contributed by atoms with Crippen molar-refractivity contribution < 1.29 is 4.79 Å². The van der Waals surface area contributed by atoms with Crippen molar-refractivity contribution in [2.75, 3.05) is 0 Å². The fourth-order valence-electron chi connectivity index (χ4n) is 2.29. The van der Waals surface area contributed by atoms with Gasteiger partial charge in [0.25, 0.3) is 0 Å². The number of nitrogens with one attached hydrogen (secondary N) is 1. The highest BCUT2D eigenvalue weighted by atomic mass is 31.0. The molecule has 1 atom stereocenters. The van der Waals surface area contributed by atoms with Gasteiger partial charge in [0.1, 0.15) is 0 Å². The molecule has 0 bridgehead atoms. The maximum Gasteiger partial charge on any atom is 0.226 e. The molecule has 1 unspecified atom stereocenters. The second-order valence-electron chi connectivity index (χ2n) is 5.37. The molecule has 1 aliphatic carbocycles. The smallest absolute Gasteiger partial charge is 0.226 e. The number of hydrogen-bond donors (Lipinski definition) is 1. The molecule has 1 aromatic heterocycles. The van der Waals surface area contributed by atoms with Crippen molar-refractivity contribution in [1.82, 2.24) is 15.3 Å². The summed E-state index contributed by atoms with van der Waals surface area (Å²) in [5.74, 6) is 0.0489. The van der Waals surface area contributed by atoms with E-state index in [2.05, 4.69) is 31.4 Å². The van der Waals surface area contributed by atoms with E-state index in [4.69, 9.17) is 0 Å². The maximum absolute atomic E-state index is 11.9. The van der Waals surface area contributed by atoms with E-state index < -0.39 is 0 Å². The second kappa shape index (κ2) is 5.75. The fourth-order valence-corrected chi connectivity index (χ4v) is 2.62. The first kappa shape index (κ1) is 13.4. The molecular weight excluding hydrogens is 245 g/mol. The molecule has 2 rings (SSSR count). The Bertz CT molecular complexity index is 398. The first-order valence-electron chi connectivity index (χ1n) is 6.38. The number of nitrogens with zero attached hydrogens (tertiary/aromatic N) is 2. The molecule has 1 N–H and O–H groups in total. The third-order valence-corrected chi connectivity index (χ3v) is 4.03. The summed E-state index contributed by atoms with van der Waals surface area (Å²) in [6, 6.07) is 0.322. The molecule has 1 fully saturated rings. The van der Waals surface area contributed by atoms with E-state index in [9.17, 15) is 4.79 Å². The standard InChI is InChI=1S/C13H20N3OP/c1-13(18)4-2-10(3-5-13)16-12(17)8-11-9-14-6-7-15-11/h6-7,9-10H,2-5,8,18H2,1H3,(H,16,17). The third kappa shape index (κ3) is 4.02. The van der Waals surface area contributed by atoms with Crippen molar-refractivity contribution in [2.45, 2.75) is 50.2 Å². The van der Waals surface area contributed by atoms with Crippen LogP contribution in [0.3, 0.4) is 0 Å². The fraction of sp³-hybridized carbons (Fsp3) is 0.615. The predicted molar refractivity (Wildman–Crippen MR) is 74.2 cm³/mol. The quantitative estimate of drug-likeness (QED) is 0.846. The molecule has 0 aromatic carbocycles. The van der Waals surface area contributed by atoms with E-state index in [1.54, 1.807) is 18.6 Å². The summed E-state index contributed by atoms with van der Waals surface area (Å²) in [5, 5.41) is 3.44. The molecule has 1 heterocycles. The van der Waals surface area contributed by atoms with Gasteiger partial charge in [-0.1, -0.05) is 6.92 Å². The molecule has 1 aromatic rings. The van der Waals surface area contributed by atoms with Crippen LogP contribution in [0.1, 0.15) is 38.3 Å². The van der Waals surface area contributed by atoms with Crippen LogP contribution >= 0.6 is 9.24 Å². The van der Waals surface area contributed by atoms with Crippen LogP contribution in [0, 0.1) is 0 Å². The molecule has 0 radical (unpaired) electrons. The first-order valence-corrected chi connectivity index (χ1v) is 6.96. The van der Waals surface area contributed by atoms with E-state index in [1.165, 1.54) is 0 Å². The number of aromatic nitrogens is 2. The highest BCUT2D eigenvalue weighted by Crippen LogP contribution is 2.35. The van der Waals surface area contributed by atoms with Crippen molar-refractivity contribution in [3.05, 3.63) is 24.3 Å². The van der Waals surface area contributed by atoms with Crippen molar-refractivity contribution in [3.8, 4) is 0 Å². The van der Waals surface area contributed by atoms with E-state index in [0.717, 1.165) is 31.4 Å². The lowest BCUT2D eigenvalue weighted by molar-refractivity contribution is -0.121. The van der Waals surface area contributed by atoms with Crippen LogP contribution in [-0.2, 0) is 11.2 Å². The van der Waals surface area contributed by atoms with Crippen LogP contribution in [0.2, 0.25) is 0 Å². The van der Waals surface area contributed by atoms with Crippen LogP contribution in [0.25, 0.3) is 0 Å². The second-order valence-corrected chi connectivity index (χ2v) is 6.76. The number of amides is 1. The molecule has 5 heteroatoms. The molecule has 0 aliphatic heterocycles. The SMILES string of the molecule is CC1(P)CCC(NC(=O)Cc2cnccn2)CC1. The van der Waals surface area contributed by atoms with Gasteiger partial charge in [-0.05, 0) is 30.8 Å². The molecule has 98 valence electrons. The zero-order valence-electron chi connectivity index (χ0n) is 10.7. The predicted octanol–water partition coefficient (Wildman–Crippen LogP) is 1.71. The van der Waals surface area contributed by atoms with Crippen LogP contribution in [0.15, 0.2) is 18.6 Å².